The monoisotopic (exact) mass is 326 g/mol. The van der Waals surface area contributed by atoms with Crippen molar-refractivity contribution in [3.8, 4) is 0 Å². The van der Waals surface area contributed by atoms with Crippen LogP contribution in [0.4, 0.5) is 0 Å². The fraction of sp³-hybridized carbons (Fsp3) is 0.409. The van der Waals surface area contributed by atoms with Crippen LogP contribution in [0.15, 0.2) is 54.6 Å². The van der Waals surface area contributed by atoms with E-state index in [-0.39, 0.29) is 18.9 Å². The molecule has 25 heavy (non-hydrogen) atoms. The van der Waals surface area contributed by atoms with Crippen molar-refractivity contribution in [2.45, 2.75) is 31.7 Å². The van der Waals surface area contributed by atoms with Crippen molar-refractivity contribution in [2.75, 3.05) is 26.2 Å². The van der Waals surface area contributed by atoms with Crippen LogP contribution in [0.25, 0.3) is 21.5 Å². The Bertz CT molecular complexity index is 718. The van der Waals surface area contributed by atoms with Gasteiger partial charge in [-0.15, -0.1) is 39.7 Å². The molecule has 5 rings (SSSR count). The van der Waals surface area contributed by atoms with Gasteiger partial charge in [-0.3, -0.25) is 0 Å². The van der Waals surface area contributed by atoms with Crippen LogP contribution >= 0.6 is 0 Å². The smallest absolute Gasteiger partial charge is 0.313 e. The second-order valence-corrected chi connectivity index (χ2v) is 7.12. The summed E-state index contributed by atoms with van der Waals surface area (Å²) in [6.45, 7) is 5.24. The minimum Gasteiger partial charge on any atom is -0.313 e. The van der Waals surface area contributed by atoms with Gasteiger partial charge in [0.25, 0.3) is 0 Å². The SMILES string of the molecule is C1CNC(CN2CCCC2)C1.[Li+].c1ccc2c(c1)[cH-]c1ccccc12. The molecule has 2 fully saturated rings. The van der Waals surface area contributed by atoms with Gasteiger partial charge in [0, 0.05) is 12.6 Å². The molecule has 0 aromatic heterocycles. The van der Waals surface area contributed by atoms with Crippen LogP contribution in [0.5, 0.6) is 0 Å². The van der Waals surface area contributed by atoms with Crippen molar-refractivity contribution in [3.63, 3.8) is 0 Å². The molecule has 0 amide bonds. The van der Waals surface area contributed by atoms with E-state index < -0.39 is 0 Å². The van der Waals surface area contributed by atoms with Gasteiger partial charge >= 0.3 is 18.9 Å². The molecule has 0 aliphatic carbocycles. The molecule has 0 saturated carbocycles. The van der Waals surface area contributed by atoms with E-state index >= 15 is 0 Å². The molecule has 1 unspecified atom stereocenters. The summed E-state index contributed by atoms with van der Waals surface area (Å²) in [7, 11) is 0. The minimum atomic E-state index is 0. The van der Waals surface area contributed by atoms with Crippen molar-refractivity contribution in [2.24, 2.45) is 0 Å². The van der Waals surface area contributed by atoms with E-state index in [1.54, 1.807) is 0 Å². The molecule has 3 aromatic rings. The second-order valence-electron chi connectivity index (χ2n) is 7.12. The van der Waals surface area contributed by atoms with E-state index in [0.717, 1.165) is 6.04 Å². The molecule has 0 radical (unpaired) electrons. The summed E-state index contributed by atoms with van der Waals surface area (Å²) < 4.78 is 0. The number of rotatable bonds is 2. The fourth-order valence-electron chi connectivity index (χ4n) is 4.09. The first kappa shape index (κ1) is 18.6. The van der Waals surface area contributed by atoms with E-state index in [2.05, 4.69) is 64.8 Å². The number of benzene rings is 2. The van der Waals surface area contributed by atoms with Crippen molar-refractivity contribution < 1.29 is 18.9 Å². The fourth-order valence-corrected chi connectivity index (χ4v) is 4.09. The van der Waals surface area contributed by atoms with Gasteiger partial charge in [-0.05, 0) is 45.3 Å². The van der Waals surface area contributed by atoms with Crippen LogP contribution in [0.2, 0.25) is 0 Å². The maximum absolute atomic E-state index is 3.54. The Balaban J connectivity index is 0.000000142. The number of nitrogens with zero attached hydrogens (tertiary/aromatic N) is 1. The van der Waals surface area contributed by atoms with Crippen molar-refractivity contribution >= 4 is 21.5 Å². The zero-order valence-corrected chi connectivity index (χ0v) is 15.4. The van der Waals surface area contributed by atoms with E-state index in [1.807, 2.05) is 0 Å². The molecule has 2 aliphatic heterocycles. The van der Waals surface area contributed by atoms with E-state index in [1.165, 1.54) is 73.4 Å². The Kier molecular flexibility index (Phi) is 6.68. The zero-order valence-electron chi connectivity index (χ0n) is 15.4. The number of hydrogen-bond donors (Lipinski definition) is 1. The topological polar surface area (TPSA) is 15.3 Å². The molecule has 126 valence electrons. The first-order chi connectivity index (χ1) is 11.9. The predicted molar refractivity (Wildman–Crippen MR) is 104 cm³/mol. The van der Waals surface area contributed by atoms with Gasteiger partial charge in [0.15, 0.2) is 0 Å². The zero-order chi connectivity index (χ0) is 16.2. The van der Waals surface area contributed by atoms with Crippen LogP contribution in [0, 0.1) is 0 Å². The Morgan fingerprint density at radius 1 is 0.880 bits per heavy atom. The van der Waals surface area contributed by atoms with Crippen molar-refractivity contribution in [1.29, 1.82) is 0 Å². The van der Waals surface area contributed by atoms with E-state index in [0.29, 0.717) is 0 Å². The van der Waals surface area contributed by atoms with Crippen LogP contribution in [-0.2, 0) is 0 Å². The summed E-state index contributed by atoms with van der Waals surface area (Å²) in [5.74, 6) is 0. The molecule has 2 heterocycles. The molecular formula is C22H27LiN2. The molecule has 3 heteroatoms. The molecule has 2 aliphatic rings. The Labute approximate surface area is 163 Å². The van der Waals surface area contributed by atoms with Crippen molar-refractivity contribution in [1.82, 2.24) is 10.2 Å². The molecular weight excluding hydrogens is 299 g/mol. The van der Waals surface area contributed by atoms with Crippen LogP contribution in [-0.4, -0.2) is 37.1 Å². The maximum atomic E-state index is 3.54. The van der Waals surface area contributed by atoms with E-state index in [9.17, 15) is 0 Å². The van der Waals surface area contributed by atoms with Gasteiger partial charge in [-0.2, -0.15) is 0 Å². The minimum absolute atomic E-state index is 0. The third-order valence-corrected chi connectivity index (χ3v) is 5.36. The predicted octanol–water partition coefficient (Wildman–Crippen LogP) is 1.55. The normalized spacial score (nSPS) is 20.4. The number of nitrogens with one attached hydrogen (secondary N) is 1. The van der Waals surface area contributed by atoms with Crippen LogP contribution in [0.3, 0.4) is 0 Å². The summed E-state index contributed by atoms with van der Waals surface area (Å²) in [6.07, 6.45) is 5.63. The third kappa shape index (κ3) is 4.52. The van der Waals surface area contributed by atoms with E-state index in [4.69, 9.17) is 0 Å². The van der Waals surface area contributed by atoms with Crippen LogP contribution in [0.1, 0.15) is 25.7 Å². The Morgan fingerprint density at radius 3 is 2.04 bits per heavy atom. The Morgan fingerprint density at radius 2 is 1.48 bits per heavy atom. The molecule has 0 bridgehead atoms. The quantitative estimate of drug-likeness (QED) is 0.568. The Hall–Kier alpha value is -1.17. The molecule has 3 aromatic carbocycles. The average Bonchev–Trinajstić information content (AvgIpc) is 3.36. The van der Waals surface area contributed by atoms with Gasteiger partial charge in [-0.25, -0.2) is 0 Å². The van der Waals surface area contributed by atoms with Crippen LogP contribution < -0.4 is 24.2 Å². The average molecular weight is 326 g/mol. The number of likely N-dealkylation sites (tertiary alicyclic amines) is 1. The first-order valence-corrected chi connectivity index (χ1v) is 9.39. The molecule has 1 atom stereocenters. The van der Waals surface area contributed by atoms with Gasteiger partial charge in [0.05, 0.1) is 0 Å². The maximum Gasteiger partial charge on any atom is 1.00 e. The van der Waals surface area contributed by atoms with Gasteiger partial charge in [0.2, 0.25) is 0 Å². The summed E-state index contributed by atoms with van der Waals surface area (Å²) in [6, 6.07) is 20.1. The van der Waals surface area contributed by atoms with Crippen molar-refractivity contribution in [3.05, 3.63) is 54.6 Å². The standard InChI is InChI=1S/C13H9.C9H18N2.Li/c1-3-7-12-10(5-1)9-11-6-2-4-8-13(11)12;1-2-7-11(6-1)8-9-4-3-5-10-9;/h1-9H;9-10H,1-8H2;/q-1;;+1. The molecule has 0 spiro atoms. The largest absolute Gasteiger partial charge is 1.00 e. The molecule has 2 saturated heterocycles. The first-order valence-electron chi connectivity index (χ1n) is 9.39. The number of hydrogen-bond acceptors (Lipinski definition) is 2. The summed E-state index contributed by atoms with van der Waals surface area (Å²) >= 11 is 0. The molecule has 1 N–H and O–H groups in total. The van der Waals surface area contributed by atoms with Gasteiger partial charge in [0.1, 0.15) is 0 Å². The van der Waals surface area contributed by atoms with Gasteiger partial charge in [-0.1, -0.05) is 36.4 Å². The van der Waals surface area contributed by atoms with Gasteiger partial charge < -0.3 is 10.2 Å². The molecule has 2 nitrogen and oxygen atoms in total. The second kappa shape index (κ2) is 8.97. The third-order valence-electron chi connectivity index (χ3n) is 5.36. The summed E-state index contributed by atoms with van der Waals surface area (Å²) in [5.41, 5.74) is 0. The number of fused-ring (bicyclic) bond motifs is 3. The summed E-state index contributed by atoms with van der Waals surface area (Å²) in [4.78, 5) is 2.60. The summed E-state index contributed by atoms with van der Waals surface area (Å²) in [5, 5.41) is 8.93.